The van der Waals surface area contributed by atoms with Gasteiger partial charge in [0, 0.05) is 32.3 Å². The zero-order chi connectivity index (χ0) is 39.2. The molecule has 0 bridgehead atoms. The van der Waals surface area contributed by atoms with Crippen molar-refractivity contribution in [3.8, 4) is 0 Å². The topological polar surface area (TPSA) is 98.8 Å². The van der Waals surface area contributed by atoms with Crippen molar-refractivity contribution in [3.63, 3.8) is 0 Å². The Morgan fingerprint density at radius 1 is 0.904 bits per heavy atom. The van der Waals surface area contributed by atoms with Gasteiger partial charge >= 0.3 is 5.97 Å². The summed E-state index contributed by atoms with van der Waals surface area (Å²) >= 11 is 0. The highest BCUT2D eigenvalue weighted by Gasteiger charge is 2.50. The van der Waals surface area contributed by atoms with E-state index in [1.807, 2.05) is 0 Å². The maximum atomic E-state index is 12.8. The van der Waals surface area contributed by atoms with Gasteiger partial charge in [-0.05, 0) is 85.4 Å². The highest BCUT2D eigenvalue weighted by Crippen LogP contribution is 2.44. The SMILES string of the molecule is C=C1C[C@H](CCC=O)O[C@H]1CC[C@H]1C[C@@H](C)C(=C)[C@@H](C[C@@H]2O[C@H](CC(CO[Si](C)(C)C(C)(C)C)O[Si](C)(C)C(C)(C)C)[C@H](OC)[C@H]2CC(=O)OC)O1. The number of esters is 1. The van der Waals surface area contributed by atoms with Gasteiger partial charge in [-0.25, -0.2) is 0 Å². The second-order valence-corrected chi connectivity index (χ2v) is 28.4. The van der Waals surface area contributed by atoms with Crippen molar-refractivity contribution in [2.45, 2.75) is 191 Å². The zero-order valence-corrected chi connectivity index (χ0v) is 37.0. The van der Waals surface area contributed by atoms with E-state index >= 15 is 0 Å². The molecule has 0 N–H and O–H groups in total. The van der Waals surface area contributed by atoms with Crippen molar-refractivity contribution in [3.05, 3.63) is 24.3 Å². The van der Waals surface area contributed by atoms with Gasteiger partial charge in [-0.15, -0.1) is 0 Å². The molecule has 300 valence electrons. The van der Waals surface area contributed by atoms with Gasteiger partial charge in [-0.1, -0.05) is 61.6 Å². The molecule has 3 aliphatic rings. The average Bonchev–Trinajstić information content (AvgIpc) is 3.56. The third kappa shape index (κ3) is 11.9. The van der Waals surface area contributed by atoms with Gasteiger partial charge in [-0.2, -0.15) is 0 Å². The number of methoxy groups -OCH3 is 2. The predicted molar refractivity (Wildman–Crippen MR) is 213 cm³/mol. The normalized spacial score (nSPS) is 31.2. The molecule has 10 atom stereocenters. The van der Waals surface area contributed by atoms with Crippen LogP contribution in [0.1, 0.15) is 106 Å². The Morgan fingerprint density at radius 2 is 1.54 bits per heavy atom. The lowest BCUT2D eigenvalue weighted by Crippen LogP contribution is -2.49. The maximum absolute atomic E-state index is 12.8. The molecule has 0 aromatic carbocycles. The summed E-state index contributed by atoms with van der Waals surface area (Å²) in [6.07, 6.45) is 5.72. The van der Waals surface area contributed by atoms with Gasteiger partial charge in [0.05, 0.1) is 69.0 Å². The average molecular weight is 767 g/mol. The third-order valence-corrected chi connectivity index (χ3v) is 21.9. The number of ether oxygens (including phenoxy) is 5. The van der Waals surface area contributed by atoms with Crippen molar-refractivity contribution in [1.29, 1.82) is 0 Å². The summed E-state index contributed by atoms with van der Waals surface area (Å²) in [6.45, 7) is 34.1. The minimum absolute atomic E-state index is 0.00735. The van der Waals surface area contributed by atoms with E-state index in [0.29, 0.717) is 25.9 Å². The standard InChI is InChI=1S/C41H74O9Si2/c1-27-21-31(18-19-34-28(2)22-30(47-34)17-16-20-42)48-35(29(27)3)25-36-33(24-38(43)44-10)39(45-11)37(49-36)23-32(50-52(14,15)41(7,8)9)26-46-51(12,13)40(4,5)6/h20,27,30-37,39H,2-3,16-19,21-26H2,1,4-15H3/t27-,30+,31+,32?,33+,34+,35-,36+,37-,39-/m1/s1. The first-order valence-electron chi connectivity index (χ1n) is 19.7. The van der Waals surface area contributed by atoms with E-state index < -0.39 is 16.6 Å². The van der Waals surface area contributed by atoms with Crippen LogP contribution in [0.4, 0.5) is 0 Å². The summed E-state index contributed by atoms with van der Waals surface area (Å²) < 4.78 is 45.2. The number of carbonyl (C=O) groups is 2. The molecule has 11 heteroatoms. The summed E-state index contributed by atoms with van der Waals surface area (Å²) in [5, 5.41) is 0.0929. The fraction of sp³-hybridized carbons (Fsp3) is 0.854. The van der Waals surface area contributed by atoms with Crippen molar-refractivity contribution in [1.82, 2.24) is 0 Å². The number of hydrogen-bond donors (Lipinski definition) is 0. The lowest BCUT2D eigenvalue weighted by Gasteiger charge is -2.42. The van der Waals surface area contributed by atoms with Crippen LogP contribution in [-0.4, -0.2) is 98.5 Å². The summed E-state index contributed by atoms with van der Waals surface area (Å²) in [6, 6.07) is 0. The van der Waals surface area contributed by atoms with Crippen LogP contribution in [0.3, 0.4) is 0 Å². The second-order valence-electron chi connectivity index (χ2n) is 18.8. The molecule has 3 heterocycles. The molecule has 0 aromatic heterocycles. The van der Waals surface area contributed by atoms with E-state index in [0.717, 1.165) is 49.5 Å². The molecule has 3 saturated heterocycles. The lowest BCUT2D eigenvalue weighted by atomic mass is 9.82. The first-order valence-corrected chi connectivity index (χ1v) is 25.5. The van der Waals surface area contributed by atoms with Crippen LogP contribution < -0.4 is 0 Å². The summed E-state index contributed by atoms with van der Waals surface area (Å²) in [7, 11) is -1.08. The summed E-state index contributed by atoms with van der Waals surface area (Å²) in [5.74, 6) is -0.224. The van der Waals surface area contributed by atoms with Crippen molar-refractivity contribution < 1.29 is 42.1 Å². The van der Waals surface area contributed by atoms with Crippen LogP contribution in [0.5, 0.6) is 0 Å². The van der Waals surface area contributed by atoms with Crippen LogP contribution in [-0.2, 0) is 42.1 Å². The lowest BCUT2D eigenvalue weighted by molar-refractivity contribution is -0.143. The molecular weight excluding hydrogens is 693 g/mol. The first-order chi connectivity index (χ1) is 24.0. The van der Waals surface area contributed by atoms with E-state index in [4.69, 9.17) is 32.5 Å². The Morgan fingerprint density at radius 3 is 2.12 bits per heavy atom. The molecule has 0 aromatic rings. The van der Waals surface area contributed by atoms with Gasteiger partial charge in [0.1, 0.15) is 6.29 Å². The van der Waals surface area contributed by atoms with Crippen molar-refractivity contribution >= 4 is 28.9 Å². The van der Waals surface area contributed by atoms with Gasteiger partial charge in [-0.3, -0.25) is 4.79 Å². The number of carbonyl (C=O) groups excluding carboxylic acids is 2. The minimum atomic E-state index is -2.17. The fourth-order valence-electron chi connectivity index (χ4n) is 7.36. The summed E-state index contributed by atoms with van der Waals surface area (Å²) in [4.78, 5) is 23.7. The third-order valence-electron chi connectivity index (χ3n) is 12.8. The second kappa shape index (κ2) is 18.6. The van der Waals surface area contributed by atoms with Gasteiger partial charge in [0.15, 0.2) is 16.6 Å². The van der Waals surface area contributed by atoms with E-state index in [2.05, 4.69) is 87.8 Å². The van der Waals surface area contributed by atoms with Gasteiger partial charge in [0.2, 0.25) is 0 Å². The van der Waals surface area contributed by atoms with E-state index in [1.54, 1.807) is 7.11 Å². The molecule has 9 nitrogen and oxygen atoms in total. The number of rotatable bonds is 18. The smallest absolute Gasteiger partial charge is 0.305 e. The maximum Gasteiger partial charge on any atom is 0.305 e. The molecular formula is C41H74O9Si2. The molecule has 52 heavy (non-hydrogen) atoms. The molecule has 0 radical (unpaired) electrons. The van der Waals surface area contributed by atoms with Crippen molar-refractivity contribution in [2.24, 2.45) is 11.8 Å². The minimum Gasteiger partial charge on any atom is -0.469 e. The summed E-state index contributed by atoms with van der Waals surface area (Å²) in [5.41, 5.74) is 2.17. The Balaban J connectivity index is 1.80. The van der Waals surface area contributed by atoms with Gasteiger partial charge < -0.3 is 37.3 Å². The van der Waals surface area contributed by atoms with Crippen LogP contribution in [0, 0.1) is 11.8 Å². The molecule has 0 spiro atoms. The van der Waals surface area contributed by atoms with Crippen LogP contribution >= 0.6 is 0 Å². The molecule has 3 aliphatic heterocycles. The fourth-order valence-corrected chi connectivity index (χ4v) is 9.74. The Kier molecular flexibility index (Phi) is 16.2. The Labute approximate surface area is 318 Å². The largest absolute Gasteiger partial charge is 0.469 e. The predicted octanol–water partition coefficient (Wildman–Crippen LogP) is 8.96. The van der Waals surface area contributed by atoms with E-state index in [-0.39, 0.29) is 83.1 Å². The molecule has 0 amide bonds. The number of hydrogen-bond acceptors (Lipinski definition) is 9. The van der Waals surface area contributed by atoms with E-state index in [9.17, 15) is 9.59 Å². The zero-order valence-electron chi connectivity index (χ0n) is 35.0. The van der Waals surface area contributed by atoms with E-state index in [1.165, 1.54) is 7.11 Å². The number of aldehydes is 1. The van der Waals surface area contributed by atoms with Crippen LogP contribution in [0.15, 0.2) is 24.3 Å². The monoisotopic (exact) mass is 766 g/mol. The van der Waals surface area contributed by atoms with Crippen molar-refractivity contribution in [2.75, 3.05) is 20.8 Å². The Hall–Kier alpha value is -1.19. The molecule has 3 fully saturated rings. The Bertz CT molecular complexity index is 1210. The first kappa shape index (κ1) is 45.2. The molecule has 3 rings (SSSR count). The van der Waals surface area contributed by atoms with Gasteiger partial charge in [0.25, 0.3) is 0 Å². The highest BCUT2D eigenvalue weighted by molar-refractivity contribution is 6.74. The quantitative estimate of drug-likeness (QED) is 0.0586. The highest BCUT2D eigenvalue weighted by atomic mass is 28.4. The van der Waals surface area contributed by atoms with Crippen LogP contribution in [0.2, 0.25) is 36.3 Å². The molecule has 0 aliphatic carbocycles. The molecule has 0 saturated carbocycles. The van der Waals surface area contributed by atoms with Crippen LogP contribution in [0.25, 0.3) is 0 Å². The molecule has 1 unspecified atom stereocenters.